The van der Waals surface area contributed by atoms with E-state index in [4.69, 9.17) is 11.4 Å². The second-order valence-electron chi connectivity index (χ2n) is 0.238. The van der Waals surface area contributed by atoms with Crippen LogP contribution in [0.2, 0.25) is 0 Å². The normalized spacial score (nSPS) is 5.00. The van der Waals surface area contributed by atoms with Crippen LogP contribution < -0.4 is 0 Å². The molecule has 3 nitrogen and oxygen atoms in total. The molecular weight excluding hydrogens is 205 g/mol. The smallest absolute Gasteiger partial charge is 0 e. The molecule has 0 radical (unpaired) electrons. The molecule has 34 valence electrons. The molecule has 0 aromatic rings. The zero-order valence-electron chi connectivity index (χ0n) is 2.03. The van der Waals surface area contributed by atoms with E-state index in [2.05, 4.69) is 0 Å². The fraction of sp³-hybridized carbons (Fsp3) is 0. The second-order valence-corrected chi connectivity index (χ2v) is 0.981. The molecule has 0 unspecified atom stereocenters. The molecule has 0 aromatic carbocycles. The molecule has 0 atom stereocenters. The maximum absolute atomic E-state index is 8.67. The summed E-state index contributed by atoms with van der Waals surface area (Å²) in [4.78, 5) is 0. The second kappa shape index (κ2) is 4.81. The van der Waals surface area contributed by atoms with Crippen molar-refractivity contribution >= 4 is 0 Å². The largest absolute Gasteiger partial charge is 0 e. The average Bonchev–Trinajstić information content (AvgIpc) is 0.811. The molecule has 0 aliphatic carbocycles. The van der Waals surface area contributed by atoms with Crippen LogP contribution in [0, 0.1) is 0 Å². The summed E-state index contributed by atoms with van der Waals surface area (Å²) in [6.45, 7) is 0. The number of hydrogen-bond acceptors (Lipinski definition) is 2. The summed E-state index contributed by atoms with van der Waals surface area (Å²) in [5.74, 6) is 0. The van der Waals surface area contributed by atoms with Crippen LogP contribution in [0.5, 0.6) is 0 Å². The van der Waals surface area contributed by atoms with Gasteiger partial charge in [0.2, 0.25) is 0 Å². The van der Waals surface area contributed by atoms with E-state index in [1.54, 1.807) is 0 Å². The topological polar surface area (TPSA) is 54.4 Å². The average molecular weight is 206 g/mol. The third-order valence-electron chi connectivity index (χ3n) is 0. The van der Waals surface area contributed by atoms with E-state index in [9.17, 15) is 0 Å². The van der Waals surface area contributed by atoms with Crippen molar-refractivity contribution in [2.45, 2.75) is 0 Å². The van der Waals surface area contributed by atoms with Crippen molar-refractivity contribution in [2.75, 3.05) is 0 Å². The molecule has 0 fully saturated rings. The predicted octanol–water partition coefficient (Wildman–Crippen LogP) is -0.800. The standard InChI is InChI=1S/H2O.2O.Pd.V/h1H2;;;;/q;;;;+1/p-1. The molecule has 5 heavy (non-hydrogen) atoms. The summed E-state index contributed by atoms with van der Waals surface area (Å²) in [6, 6.07) is 0. The van der Waals surface area contributed by atoms with E-state index in [1.165, 1.54) is 0 Å². The van der Waals surface area contributed by atoms with Crippen LogP contribution >= 0.6 is 0 Å². The summed E-state index contributed by atoms with van der Waals surface area (Å²) in [6.07, 6.45) is 0. The maximum Gasteiger partial charge on any atom is 0 e. The van der Waals surface area contributed by atoms with Crippen LogP contribution in [0.4, 0.5) is 0 Å². The fourth-order valence-electron chi connectivity index (χ4n) is 0. The van der Waals surface area contributed by atoms with Crippen molar-refractivity contribution < 1.29 is 47.2 Å². The number of hydrogen-bond donors (Lipinski definition) is 1. The van der Waals surface area contributed by atoms with Gasteiger partial charge in [-0.15, -0.1) is 0 Å². The van der Waals surface area contributed by atoms with E-state index in [0.29, 0.717) is 0 Å². The molecule has 0 spiro atoms. The van der Waals surface area contributed by atoms with Gasteiger partial charge in [0, 0.05) is 20.4 Å². The molecule has 0 aliphatic rings. The van der Waals surface area contributed by atoms with Crippen LogP contribution in [-0.2, 0) is 43.2 Å². The van der Waals surface area contributed by atoms with Crippen molar-refractivity contribution in [1.29, 1.82) is 0 Å². The minimum Gasteiger partial charge on any atom is 0 e. The van der Waals surface area contributed by atoms with Crippen LogP contribution in [0.1, 0.15) is 0 Å². The molecule has 1 N–H and O–H groups in total. The van der Waals surface area contributed by atoms with Gasteiger partial charge in [-0.1, -0.05) is 0 Å². The molecular formula is HO3PdV. The van der Waals surface area contributed by atoms with Crippen molar-refractivity contribution in [1.82, 2.24) is 0 Å². The molecule has 0 bridgehead atoms. The van der Waals surface area contributed by atoms with Gasteiger partial charge in [-0.3, -0.25) is 0 Å². The van der Waals surface area contributed by atoms with Crippen LogP contribution in [-0.4, -0.2) is 4.03 Å². The van der Waals surface area contributed by atoms with E-state index in [-0.39, 0.29) is 20.4 Å². The minimum atomic E-state index is -3.69. The molecule has 0 saturated heterocycles. The summed E-state index contributed by atoms with van der Waals surface area (Å²) < 4.78 is 24.4. The monoisotopic (exact) mass is 206 g/mol. The summed E-state index contributed by atoms with van der Waals surface area (Å²) >= 11 is -3.69. The van der Waals surface area contributed by atoms with Gasteiger partial charge < -0.3 is 0 Å². The molecule has 0 heterocycles. The first-order chi connectivity index (χ1) is 1.73. The van der Waals surface area contributed by atoms with E-state index >= 15 is 0 Å². The fourth-order valence-corrected chi connectivity index (χ4v) is 0. The van der Waals surface area contributed by atoms with Gasteiger partial charge >= 0.3 is 26.8 Å². The Balaban J connectivity index is 0. The first-order valence-electron chi connectivity index (χ1n) is 0.565. The Morgan fingerprint density at radius 1 is 1.40 bits per heavy atom. The van der Waals surface area contributed by atoms with Gasteiger partial charge in [0.1, 0.15) is 0 Å². The molecule has 5 heteroatoms. The number of rotatable bonds is 0. The van der Waals surface area contributed by atoms with Crippen molar-refractivity contribution in [2.24, 2.45) is 0 Å². The van der Waals surface area contributed by atoms with Crippen molar-refractivity contribution in [3.63, 3.8) is 0 Å². The zero-order chi connectivity index (χ0) is 3.58. The van der Waals surface area contributed by atoms with Gasteiger partial charge in [-0.25, -0.2) is 0 Å². The van der Waals surface area contributed by atoms with Gasteiger partial charge in [0.15, 0.2) is 0 Å². The first kappa shape index (κ1) is 9.26. The first-order valence-corrected chi connectivity index (χ1v) is 2.33. The Labute approximate surface area is 47.4 Å². The molecule has 0 aromatic heterocycles. The Bertz CT molecular complexity index is 55.3. The molecule has 0 saturated carbocycles. The maximum atomic E-state index is 8.67. The summed E-state index contributed by atoms with van der Waals surface area (Å²) in [5.41, 5.74) is 0. The third kappa shape index (κ3) is 58.2. The van der Waals surface area contributed by atoms with E-state index < -0.39 is 15.4 Å². The van der Waals surface area contributed by atoms with Gasteiger partial charge in [0.25, 0.3) is 0 Å². The van der Waals surface area contributed by atoms with Crippen LogP contribution in [0.15, 0.2) is 0 Å². The minimum absolute atomic E-state index is 0. The quantitative estimate of drug-likeness (QED) is 0.528. The third-order valence-corrected chi connectivity index (χ3v) is 0. The Kier molecular flexibility index (Phi) is 8.90. The Morgan fingerprint density at radius 3 is 1.40 bits per heavy atom. The van der Waals surface area contributed by atoms with Crippen molar-refractivity contribution in [3.05, 3.63) is 0 Å². The van der Waals surface area contributed by atoms with Crippen LogP contribution in [0.3, 0.4) is 0 Å². The van der Waals surface area contributed by atoms with Gasteiger partial charge in [-0.2, -0.15) is 0 Å². The van der Waals surface area contributed by atoms with E-state index in [0.717, 1.165) is 0 Å². The predicted molar refractivity (Wildman–Crippen MR) is 3.59 cm³/mol. The zero-order valence-corrected chi connectivity index (χ0v) is 4.98. The van der Waals surface area contributed by atoms with Gasteiger partial charge in [0.05, 0.1) is 0 Å². The van der Waals surface area contributed by atoms with Gasteiger partial charge in [-0.05, 0) is 0 Å². The van der Waals surface area contributed by atoms with Crippen LogP contribution in [0.25, 0.3) is 0 Å². The Hall–Kier alpha value is 0.807. The summed E-state index contributed by atoms with van der Waals surface area (Å²) in [5, 5.41) is 0. The molecule has 0 rings (SSSR count). The van der Waals surface area contributed by atoms with E-state index in [1.807, 2.05) is 0 Å². The Morgan fingerprint density at radius 2 is 1.40 bits per heavy atom. The molecule has 0 amide bonds. The van der Waals surface area contributed by atoms with Crippen molar-refractivity contribution in [3.8, 4) is 0 Å². The summed E-state index contributed by atoms with van der Waals surface area (Å²) in [7, 11) is 0. The molecule has 0 aliphatic heterocycles. The SMILES string of the molecule is [O]=[V](=[O])[OH].[Pd].